The van der Waals surface area contributed by atoms with E-state index in [9.17, 15) is 4.79 Å². The molecule has 1 aromatic heterocycles. The SMILES string of the molecule is CCNc1nnc(S[C@@H](C)C(=O)N(CCC#N)c2ccccc2)s1. The fraction of sp³-hybridized carbons (Fsp3) is 0.375. The number of amides is 1. The molecule has 2 aromatic rings. The zero-order valence-electron chi connectivity index (χ0n) is 13.6. The number of thioether (sulfide) groups is 1. The third kappa shape index (κ3) is 4.94. The van der Waals surface area contributed by atoms with Crippen molar-refractivity contribution >= 4 is 39.8 Å². The summed E-state index contributed by atoms with van der Waals surface area (Å²) in [5.41, 5.74) is 0.802. The molecule has 0 aliphatic carbocycles. The van der Waals surface area contributed by atoms with Gasteiger partial charge in [0, 0.05) is 18.8 Å². The molecule has 1 amide bonds. The monoisotopic (exact) mass is 361 g/mol. The van der Waals surface area contributed by atoms with E-state index in [-0.39, 0.29) is 11.2 Å². The molecule has 1 heterocycles. The van der Waals surface area contributed by atoms with E-state index >= 15 is 0 Å². The van der Waals surface area contributed by atoms with Crippen LogP contribution in [0.2, 0.25) is 0 Å². The van der Waals surface area contributed by atoms with Gasteiger partial charge < -0.3 is 10.2 Å². The Morgan fingerprint density at radius 3 is 2.83 bits per heavy atom. The molecule has 0 bridgehead atoms. The lowest BCUT2D eigenvalue weighted by Crippen LogP contribution is -2.37. The Labute approximate surface area is 149 Å². The van der Waals surface area contributed by atoms with Gasteiger partial charge in [0.25, 0.3) is 0 Å². The van der Waals surface area contributed by atoms with Gasteiger partial charge in [-0.3, -0.25) is 4.79 Å². The van der Waals surface area contributed by atoms with E-state index in [0.717, 1.165) is 21.7 Å². The van der Waals surface area contributed by atoms with E-state index in [0.29, 0.717) is 13.0 Å². The number of hydrogen-bond donors (Lipinski definition) is 1. The van der Waals surface area contributed by atoms with Crippen LogP contribution in [0.5, 0.6) is 0 Å². The summed E-state index contributed by atoms with van der Waals surface area (Å²) in [7, 11) is 0. The molecule has 0 aliphatic rings. The van der Waals surface area contributed by atoms with E-state index in [2.05, 4.69) is 21.6 Å². The van der Waals surface area contributed by atoms with Gasteiger partial charge in [-0.1, -0.05) is 41.3 Å². The Morgan fingerprint density at radius 1 is 1.42 bits per heavy atom. The molecule has 1 atom stereocenters. The standard InChI is InChI=1S/C16H19N5OS2/c1-3-18-15-19-20-16(24-15)23-12(2)14(22)21(11-7-10-17)13-8-5-4-6-9-13/h4-6,8-9,12H,3,7,11H2,1-2H3,(H,18,19)/t12-/m0/s1. The summed E-state index contributed by atoms with van der Waals surface area (Å²) >= 11 is 2.82. The van der Waals surface area contributed by atoms with Crippen LogP contribution in [0.1, 0.15) is 20.3 Å². The minimum atomic E-state index is -0.314. The number of benzene rings is 1. The summed E-state index contributed by atoms with van der Waals surface area (Å²) in [5.74, 6) is -0.0401. The molecular weight excluding hydrogens is 342 g/mol. The molecule has 1 N–H and O–H groups in total. The number of nitrogens with one attached hydrogen (secondary N) is 1. The third-order valence-electron chi connectivity index (χ3n) is 3.14. The van der Waals surface area contributed by atoms with Crippen molar-refractivity contribution in [1.82, 2.24) is 10.2 Å². The molecular formula is C16H19N5OS2. The number of hydrogen-bond acceptors (Lipinski definition) is 7. The van der Waals surface area contributed by atoms with Gasteiger partial charge in [0.2, 0.25) is 11.0 Å². The first-order chi connectivity index (χ1) is 11.7. The average molecular weight is 361 g/mol. The van der Waals surface area contributed by atoms with Gasteiger partial charge in [-0.25, -0.2) is 0 Å². The highest BCUT2D eigenvalue weighted by Gasteiger charge is 2.24. The number of carbonyl (C=O) groups excluding carboxylic acids is 1. The average Bonchev–Trinajstić information content (AvgIpc) is 3.03. The minimum absolute atomic E-state index is 0.0401. The molecule has 8 heteroatoms. The van der Waals surface area contributed by atoms with Crippen LogP contribution in [0, 0.1) is 11.3 Å². The summed E-state index contributed by atoms with van der Waals surface area (Å²) in [6.07, 6.45) is 0.293. The summed E-state index contributed by atoms with van der Waals surface area (Å²) in [4.78, 5) is 14.5. The van der Waals surface area contributed by atoms with Crippen molar-refractivity contribution < 1.29 is 4.79 Å². The van der Waals surface area contributed by atoms with Gasteiger partial charge in [-0.2, -0.15) is 5.26 Å². The zero-order chi connectivity index (χ0) is 17.4. The van der Waals surface area contributed by atoms with E-state index in [1.807, 2.05) is 44.2 Å². The lowest BCUT2D eigenvalue weighted by molar-refractivity contribution is -0.117. The Balaban J connectivity index is 2.08. The van der Waals surface area contributed by atoms with Crippen molar-refractivity contribution in [3.05, 3.63) is 30.3 Å². The van der Waals surface area contributed by atoms with Crippen molar-refractivity contribution in [3.8, 4) is 6.07 Å². The second-order valence-electron chi connectivity index (χ2n) is 4.90. The normalized spacial score (nSPS) is 11.5. The molecule has 1 aromatic carbocycles. The van der Waals surface area contributed by atoms with E-state index in [1.54, 1.807) is 4.90 Å². The second-order valence-corrected chi connectivity index (χ2v) is 7.46. The van der Waals surface area contributed by atoms with Crippen molar-refractivity contribution in [2.45, 2.75) is 29.9 Å². The number of nitrogens with zero attached hydrogens (tertiary/aromatic N) is 4. The van der Waals surface area contributed by atoms with Gasteiger partial charge in [-0.05, 0) is 26.0 Å². The van der Waals surface area contributed by atoms with Gasteiger partial charge in [0.05, 0.1) is 17.7 Å². The number of nitriles is 1. The van der Waals surface area contributed by atoms with Crippen LogP contribution in [0.4, 0.5) is 10.8 Å². The van der Waals surface area contributed by atoms with Crippen LogP contribution in [-0.2, 0) is 4.79 Å². The minimum Gasteiger partial charge on any atom is -0.360 e. The zero-order valence-corrected chi connectivity index (χ0v) is 15.2. The summed E-state index contributed by atoms with van der Waals surface area (Å²) in [5, 5.41) is 20.5. The number of anilines is 2. The summed E-state index contributed by atoms with van der Waals surface area (Å²) in [6.45, 7) is 5.00. The molecule has 6 nitrogen and oxygen atoms in total. The lowest BCUT2D eigenvalue weighted by atomic mass is 10.2. The van der Waals surface area contributed by atoms with E-state index in [1.165, 1.54) is 23.1 Å². The molecule has 0 fully saturated rings. The van der Waals surface area contributed by atoms with Gasteiger partial charge in [0.15, 0.2) is 4.34 Å². The molecule has 2 rings (SSSR count). The second kappa shape index (κ2) is 9.25. The maximum atomic E-state index is 12.8. The number of para-hydroxylation sites is 1. The maximum absolute atomic E-state index is 12.8. The first-order valence-electron chi connectivity index (χ1n) is 7.63. The Kier molecular flexibility index (Phi) is 7.03. The van der Waals surface area contributed by atoms with Crippen LogP contribution in [0.15, 0.2) is 34.7 Å². The van der Waals surface area contributed by atoms with E-state index < -0.39 is 0 Å². The van der Waals surface area contributed by atoms with Crippen LogP contribution >= 0.6 is 23.1 Å². The van der Waals surface area contributed by atoms with Crippen LogP contribution < -0.4 is 10.2 Å². The third-order valence-corrected chi connectivity index (χ3v) is 5.19. The Bertz CT molecular complexity index is 698. The Morgan fingerprint density at radius 2 is 2.17 bits per heavy atom. The number of rotatable bonds is 8. The fourth-order valence-corrected chi connectivity index (χ4v) is 4.06. The van der Waals surface area contributed by atoms with Crippen molar-refractivity contribution in [2.75, 3.05) is 23.3 Å². The topological polar surface area (TPSA) is 81.9 Å². The number of carbonyl (C=O) groups is 1. The smallest absolute Gasteiger partial charge is 0.240 e. The van der Waals surface area contributed by atoms with Crippen LogP contribution in [0.3, 0.4) is 0 Å². The van der Waals surface area contributed by atoms with Crippen LogP contribution in [0.25, 0.3) is 0 Å². The predicted molar refractivity (Wildman–Crippen MR) is 98.4 cm³/mol. The molecule has 0 aliphatic heterocycles. The highest BCUT2D eigenvalue weighted by atomic mass is 32.2. The fourth-order valence-electron chi connectivity index (χ4n) is 2.04. The predicted octanol–water partition coefficient (Wildman–Crippen LogP) is 3.40. The highest BCUT2D eigenvalue weighted by molar-refractivity contribution is 8.02. The molecule has 0 unspecified atom stereocenters. The van der Waals surface area contributed by atoms with Crippen molar-refractivity contribution in [2.24, 2.45) is 0 Å². The summed E-state index contributed by atoms with van der Waals surface area (Å²) in [6, 6.07) is 11.5. The summed E-state index contributed by atoms with van der Waals surface area (Å²) < 4.78 is 0.750. The molecule has 126 valence electrons. The molecule has 0 saturated heterocycles. The lowest BCUT2D eigenvalue weighted by Gasteiger charge is -2.24. The van der Waals surface area contributed by atoms with Gasteiger partial charge in [-0.15, -0.1) is 10.2 Å². The first kappa shape index (κ1) is 18.2. The molecule has 24 heavy (non-hydrogen) atoms. The van der Waals surface area contributed by atoms with Crippen molar-refractivity contribution in [3.63, 3.8) is 0 Å². The quantitative estimate of drug-likeness (QED) is 0.726. The van der Waals surface area contributed by atoms with Gasteiger partial charge >= 0.3 is 0 Å². The Hall–Kier alpha value is -2.11. The largest absolute Gasteiger partial charge is 0.360 e. The maximum Gasteiger partial charge on any atom is 0.240 e. The van der Waals surface area contributed by atoms with E-state index in [4.69, 9.17) is 5.26 Å². The van der Waals surface area contributed by atoms with Gasteiger partial charge in [0.1, 0.15) is 0 Å². The molecule has 0 spiro atoms. The number of aromatic nitrogens is 2. The van der Waals surface area contributed by atoms with Crippen molar-refractivity contribution in [1.29, 1.82) is 5.26 Å². The van der Waals surface area contributed by atoms with Crippen LogP contribution in [-0.4, -0.2) is 34.4 Å². The molecule has 0 saturated carbocycles. The molecule has 0 radical (unpaired) electrons. The first-order valence-corrected chi connectivity index (χ1v) is 9.32. The highest BCUT2D eigenvalue weighted by Crippen LogP contribution is 2.30.